The predicted molar refractivity (Wildman–Crippen MR) is 59.5 cm³/mol. The van der Waals surface area contributed by atoms with Gasteiger partial charge in [-0.25, -0.2) is 4.98 Å². The van der Waals surface area contributed by atoms with Crippen LogP contribution in [0.25, 0.3) is 10.6 Å². The van der Waals surface area contributed by atoms with Crippen LogP contribution in [0.4, 0.5) is 0 Å². The van der Waals surface area contributed by atoms with E-state index in [1.54, 1.807) is 14.2 Å². The van der Waals surface area contributed by atoms with Crippen molar-refractivity contribution in [2.75, 3.05) is 14.2 Å². The third-order valence-electron chi connectivity index (χ3n) is 2.03. The quantitative estimate of drug-likeness (QED) is 0.796. The Morgan fingerprint density at radius 2 is 2.13 bits per heavy atom. The number of hydrogen-bond donors (Lipinski definition) is 0. The average Bonchev–Trinajstić information content (AvgIpc) is 2.81. The van der Waals surface area contributed by atoms with Crippen molar-refractivity contribution in [2.45, 2.75) is 0 Å². The Morgan fingerprint density at radius 3 is 2.73 bits per heavy atom. The van der Waals surface area contributed by atoms with Crippen molar-refractivity contribution in [2.24, 2.45) is 0 Å². The fourth-order valence-corrected chi connectivity index (χ4v) is 1.91. The van der Waals surface area contributed by atoms with E-state index in [4.69, 9.17) is 9.47 Å². The van der Waals surface area contributed by atoms with Crippen LogP contribution in [0.2, 0.25) is 0 Å². The van der Waals surface area contributed by atoms with Gasteiger partial charge in [-0.15, -0.1) is 11.3 Å². The molecule has 3 nitrogen and oxygen atoms in total. The number of benzene rings is 1. The number of hydrogen-bond acceptors (Lipinski definition) is 4. The molecule has 1 aromatic heterocycles. The monoisotopic (exact) mass is 220 g/mol. The molecule has 0 bridgehead atoms. The summed E-state index contributed by atoms with van der Waals surface area (Å²) in [5, 5.41) is 2.69. The van der Waals surface area contributed by atoms with Crippen LogP contribution in [0.3, 0.4) is 0 Å². The van der Waals surface area contributed by atoms with Crippen LogP contribution >= 0.6 is 11.3 Å². The van der Waals surface area contributed by atoms with Crippen molar-refractivity contribution in [3.8, 4) is 22.1 Å². The first kappa shape index (κ1) is 9.98. The van der Waals surface area contributed by atoms with Crippen LogP contribution in [0.1, 0.15) is 0 Å². The molecule has 0 aliphatic rings. The van der Waals surface area contributed by atoms with Gasteiger partial charge in [0.25, 0.3) is 0 Å². The van der Waals surface area contributed by atoms with Crippen LogP contribution < -0.4 is 9.47 Å². The Hall–Kier alpha value is -1.55. The molecule has 0 saturated carbocycles. The third-order valence-corrected chi connectivity index (χ3v) is 2.78. The Balaban J connectivity index is 2.52. The summed E-state index contributed by atoms with van der Waals surface area (Å²) in [4.78, 5) is 4.13. The highest BCUT2D eigenvalue weighted by atomic mass is 32.1. The van der Waals surface area contributed by atoms with Crippen LogP contribution in [0.15, 0.2) is 23.6 Å². The maximum atomic E-state index is 5.27. The molecule has 0 spiro atoms. The van der Waals surface area contributed by atoms with Crippen molar-refractivity contribution >= 4 is 11.3 Å². The Kier molecular flexibility index (Phi) is 2.87. The van der Waals surface area contributed by atoms with Gasteiger partial charge in [0.05, 0.1) is 19.8 Å². The maximum absolute atomic E-state index is 5.27. The molecule has 0 aliphatic heterocycles. The normalized spacial score (nSPS) is 10.0. The smallest absolute Gasteiger partial charge is 0.129 e. The van der Waals surface area contributed by atoms with Crippen LogP contribution in [0.5, 0.6) is 11.5 Å². The second-order valence-corrected chi connectivity index (χ2v) is 3.71. The SMILES string of the molecule is COc1ccc(OC)c(-c2n[c]cs2)c1. The molecule has 77 valence electrons. The van der Waals surface area contributed by atoms with Gasteiger partial charge in [0.2, 0.25) is 0 Å². The molecule has 0 unspecified atom stereocenters. The van der Waals surface area contributed by atoms with Gasteiger partial charge < -0.3 is 9.47 Å². The van der Waals surface area contributed by atoms with E-state index in [9.17, 15) is 0 Å². The number of nitrogens with zero attached hydrogens (tertiary/aromatic N) is 1. The van der Waals surface area contributed by atoms with Gasteiger partial charge in [-0.05, 0) is 18.2 Å². The number of methoxy groups -OCH3 is 2. The molecular weight excluding hydrogens is 210 g/mol. The lowest BCUT2D eigenvalue weighted by Gasteiger charge is -2.07. The minimum absolute atomic E-state index is 0.791. The van der Waals surface area contributed by atoms with Gasteiger partial charge in [-0.1, -0.05) is 0 Å². The van der Waals surface area contributed by atoms with E-state index < -0.39 is 0 Å². The van der Waals surface area contributed by atoms with Crippen LogP contribution in [0, 0.1) is 6.20 Å². The number of thiazole rings is 1. The summed E-state index contributed by atoms with van der Waals surface area (Å²) in [6.45, 7) is 0. The zero-order chi connectivity index (χ0) is 10.7. The van der Waals surface area contributed by atoms with Crippen molar-refractivity contribution in [3.05, 3.63) is 29.8 Å². The van der Waals surface area contributed by atoms with E-state index in [-0.39, 0.29) is 0 Å². The highest BCUT2D eigenvalue weighted by molar-refractivity contribution is 7.13. The molecule has 0 N–H and O–H groups in total. The Bertz CT molecular complexity index is 440. The highest BCUT2D eigenvalue weighted by Gasteiger charge is 2.09. The summed E-state index contributed by atoms with van der Waals surface area (Å²) in [6.07, 6.45) is 2.79. The lowest BCUT2D eigenvalue weighted by molar-refractivity contribution is 0.404. The van der Waals surface area contributed by atoms with E-state index in [2.05, 4.69) is 11.2 Å². The van der Waals surface area contributed by atoms with E-state index >= 15 is 0 Å². The summed E-state index contributed by atoms with van der Waals surface area (Å²) >= 11 is 1.52. The largest absolute Gasteiger partial charge is 0.497 e. The summed E-state index contributed by atoms with van der Waals surface area (Å²) in [5.74, 6) is 1.58. The molecular formula is C11H10NO2S. The highest BCUT2D eigenvalue weighted by Crippen LogP contribution is 2.34. The topological polar surface area (TPSA) is 31.4 Å². The molecule has 2 rings (SSSR count). The molecule has 1 radical (unpaired) electrons. The van der Waals surface area contributed by atoms with Gasteiger partial charge >= 0.3 is 0 Å². The lowest BCUT2D eigenvalue weighted by Crippen LogP contribution is -1.89. The van der Waals surface area contributed by atoms with Gasteiger partial charge in [0, 0.05) is 5.38 Å². The molecule has 4 heteroatoms. The van der Waals surface area contributed by atoms with E-state index in [1.165, 1.54) is 11.3 Å². The van der Waals surface area contributed by atoms with Crippen LogP contribution in [-0.2, 0) is 0 Å². The third kappa shape index (κ3) is 1.94. The molecule has 0 saturated heterocycles. The van der Waals surface area contributed by atoms with E-state index in [0.717, 1.165) is 22.1 Å². The number of aromatic nitrogens is 1. The first-order valence-corrected chi connectivity index (χ1v) is 5.27. The first-order valence-electron chi connectivity index (χ1n) is 4.39. The summed E-state index contributed by atoms with van der Waals surface area (Å²) in [6, 6.07) is 5.64. The summed E-state index contributed by atoms with van der Waals surface area (Å²) in [7, 11) is 3.28. The van der Waals surface area contributed by atoms with Gasteiger partial charge in [0.15, 0.2) is 0 Å². The average molecular weight is 220 g/mol. The second kappa shape index (κ2) is 4.31. The summed E-state index contributed by atoms with van der Waals surface area (Å²) < 4.78 is 10.4. The molecule has 2 aromatic rings. The molecule has 0 fully saturated rings. The van der Waals surface area contributed by atoms with Crippen molar-refractivity contribution in [3.63, 3.8) is 0 Å². The van der Waals surface area contributed by atoms with Gasteiger partial charge in [-0.2, -0.15) is 0 Å². The Labute approximate surface area is 92.3 Å². The number of ether oxygens (including phenoxy) is 2. The fraction of sp³-hybridized carbons (Fsp3) is 0.182. The zero-order valence-corrected chi connectivity index (χ0v) is 9.30. The van der Waals surface area contributed by atoms with Gasteiger partial charge in [0.1, 0.15) is 22.7 Å². The lowest BCUT2D eigenvalue weighted by atomic mass is 10.2. The predicted octanol–water partition coefficient (Wildman–Crippen LogP) is 2.63. The maximum Gasteiger partial charge on any atom is 0.129 e. The minimum Gasteiger partial charge on any atom is -0.497 e. The fourth-order valence-electron chi connectivity index (χ4n) is 1.30. The molecule has 1 heterocycles. The van der Waals surface area contributed by atoms with Crippen molar-refractivity contribution < 1.29 is 9.47 Å². The Morgan fingerprint density at radius 1 is 1.27 bits per heavy atom. The van der Waals surface area contributed by atoms with Crippen molar-refractivity contribution in [1.82, 2.24) is 4.98 Å². The summed E-state index contributed by atoms with van der Waals surface area (Å²) in [5.41, 5.74) is 0.933. The zero-order valence-electron chi connectivity index (χ0n) is 8.48. The van der Waals surface area contributed by atoms with Crippen molar-refractivity contribution in [1.29, 1.82) is 0 Å². The second-order valence-electron chi connectivity index (χ2n) is 2.85. The first-order chi connectivity index (χ1) is 7.35. The standard InChI is InChI=1S/C11H10NO2S/c1-13-8-3-4-10(14-2)9(7-8)11-12-5-6-15-11/h3-4,6-7H,1-2H3. The molecule has 0 amide bonds. The molecule has 15 heavy (non-hydrogen) atoms. The molecule has 0 aliphatic carbocycles. The number of rotatable bonds is 3. The van der Waals surface area contributed by atoms with Gasteiger partial charge in [-0.3, -0.25) is 0 Å². The molecule has 1 aromatic carbocycles. The minimum atomic E-state index is 0.791. The molecule has 0 atom stereocenters. The van der Waals surface area contributed by atoms with E-state index in [1.807, 2.05) is 23.6 Å². The van der Waals surface area contributed by atoms with Crippen LogP contribution in [-0.4, -0.2) is 19.2 Å². The van der Waals surface area contributed by atoms with E-state index in [0.29, 0.717) is 0 Å².